The number of carbonyl (C=O) groups is 1. The SMILES string of the molecule is CCCCCC(=O)C[C@H](O)c1ccccc1. The van der Waals surface area contributed by atoms with Gasteiger partial charge >= 0.3 is 0 Å². The molecule has 0 aliphatic rings. The van der Waals surface area contributed by atoms with Gasteiger partial charge in [-0.05, 0) is 12.0 Å². The van der Waals surface area contributed by atoms with Gasteiger partial charge in [-0.3, -0.25) is 4.79 Å². The Hall–Kier alpha value is -1.15. The molecule has 0 unspecified atom stereocenters. The lowest BCUT2D eigenvalue weighted by Crippen LogP contribution is -2.06. The molecular formula is C14H20O2. The van der Waals surface area contributed by atoms with E-state index >= 15 is 0 Å². The van der Waals surface area contributed by atoms with Gasteiger partial charge in [-0.2, -0.15) is 0 Å². The fourth-order valence-electron chi connectivity index (χ4n) is 1.68. The van der Waals surface area contributed by atoms with Crippen molar-refractivity contribution in [2.24, 2.45) is 0 Å². The molecule has 0 aliphatic heterocycles. The van der Waals surface area contributed by atoms with Crippen LogP contribution in [-0.2, 0) is 4.79 Å². The zero-order chi connectivity index (χ0) is 11.8. The van der Waals surface area contributed by atoms with Crippen LogP contribution in [-0.4, -0.2) is 10.9 Å². The molecule has 0 radical (unpaired) electrons. The van der Waals surface area contributed by atoms with Crippen LogP contribution in [0, 0.1) is 0 Å². The number of carbonyl (C=O) groups excluding carboxylic acids is 1. The fraction of sp³-hybridized carbons (Fsp3) is 0.500. The van der Waals surface area contributed by atoms with E-state index in [0.29, 0.717) is 6.42 Å². The summed E-state index contributed by atoms with van der Waals surface area (Å²) in [5.41, 5.74) is 0.825. The van der Waals surface area contributed by atoms with Gasteiger partial charge in [0.05, 0.1) is 6.10 Å². The van der Waals surface area contributed by atoms with Crippen LogP contribution < -0.4 is 0 Å². The maximum Gasteiger partial charge on any atom is 0.135 e. The van der Waals surface area contributed by atoms with Crippen molar-refractivity contribution in [2.45, 2.75) is 45.1 Å². The first-order valence-electron chi connectivity index (χ1n) is 5.98. The van der Waals surface area contributed by atoms with Crippen molar-refractivity contribution < 1.29 is 9.90 Å². The van der Waals surface area contributed by atoms with Crippen LogP contribution in [0.2, 0.25) is 0 Å². The van der Waals surface area contributed by atoms with Crippen molar-refractivity contribution >= 4 is 5.78 Å². The first-order valence-corrected chi connectivity index (χ1v) is 5.98. The Morgan fingerprint density at radius 2 is 1.94 bits per heavy atom. The number of benzene rings is 1. The van der Waals surface area contributed by atoms with Gasteiger partial charge in [0.2, 0.25) is 0 Å². The summed E-state index contributed by atoms with van der Waals surface area (Å²) in [6.07, 6.45) is 3.35. The van der Waals surface area contributed by atoms with Gasteiger partial charge in [0, 0.05) is 12.8 Å². The Morgan fingerprint density at radius 3 is 2.56 bits per heavy atom. The van der Waals surface area contributed by atoms with Crippen LogP contribution in [0.1, 0.15) is 50.7 Å². The van der Waals surface area contributed by atoms with Gasteiger partial charge < -0.3 is 5.11 Å². The Labute approximate surface area is 97.3 Å². The number of Topliss-reactive ketones (excluding diaryl/α,β-unsaturated/α-hetero) is 1. The van der Waals surface area contributed by atoms with Crippen LogP contribution in [0.25, 0.3) is 0 Å². The number of hydrogen-bond acceptors (Lipinski definition) is 2. The van der Waals surface area contributed by atoms with Gasteiger partial charge in [0.1, 0.15) is 5.78 Å². The summed E-state index contributed by atoms with van der Waals surface area (Å²) in [7, 11) is 0. The Morgan fingerprint density at radius 1 is 1.25 bits per heavy atom. The van der Waals surface area contributed by atoms with Crippen molar-refractivity contribution in [3.8, 4) is 0 Å². The normalized spacial score (nSPS) is 12.4. The molecule has 0 saturated heterocycles. The number of hydrogen-bond donors (Lipinski definition) is 1. The maximum absolute atomic E-state index is 11.5. The van der Waals surface area contributed by atoms with Gasteiger partial charge in [0.15, 0.2) is 0 Å². The van der Waals surface area contributed by atoms with Crippen molar-refractivity contribution in [3.05, 3.63) is 35.9 Å². The highest BCUT2D eigenvalue weighted by molar-refractivity contribution is 5.78. The predicted molar refractivity (Wildman–Crippen MR) is 65.2 cm³/mol. The second-order valence-corrected chi connectivity index (χ2v) is 4.13. The highest BCUT2D eigenvalue weighted by Gasteiger charge is 2.11. The standard InChI is InChI=1S/C14H20O2/c1-2-3-5-10-13(15)11-14(16)12-8-6-4-7-9-12/h4,6-9,14,16H,2-3,5,10-11H2,1H3/t14-/m0/s1. The third-order valence-corrected chi connectivity index (χ3v) is 2.66. The van der Waals surface area contributed by atoms with E-state index in [0.717, 1.165) is 24.8 Å². The molecule has 2 nitrogen and oxygen atoms in total. The van der Waals surface area contributed by atoms with Crippen molar-refractivity contribution in [3.63, 3.8) is 0 Å². The second kappa shape index (κ2) is 7.18. The van der Waals surface area contributed by atoms with Crippen LogP contribution >= 0.6 is 0 Å². The first-order chi connectivity index (χ1) is 7.74. The Kier molecular flexibility index (Phi) is 5.79. The number of aliphatic hydroxyl groups is 1. The van der Waals surface area contributed by atoms with Gasteiger partial charge in [-0.1, -0.05) is 50.1 Å². The van der Waals surface area contributed by atoms with E-state index in [2.05, 4.69) is 6.92 Å². The van der Waals surface area contributed by atoms with E-state index in [4.69, 9.17) is 0 Å². The molecule has 1 atom stereocenters. The third-order valence-electron chi connectivity index (χ3n) is 2.66. The van der Waals surface area contributed by atoms with E-state index < -0.39 is 6.10 Å². The molecule has 0 aromatic heterocycles. The molecule has 88 valence electrons. The number of rotatable bonds is 7. The topological polar surface area (TPSA) is 37.3 Å². The smallest absolute Gasteiger partial charge is 0.135 e. The van der Waals surface area contributed by atoms with E-state index in [1.165, 1.54) is 0 Å². The molecule has 1 aromatic carbocycles. The molecule has 0 spiro atoms. The molecule has 1 aromatic rings. The first kappa shape index (κ1) is 12.9. The predicted octanol–water partition coefficient (Wildman–Crippen LogP) is 3.26. The minimum absolute atomic E-state index is 0.157. The van der Waals surface area contributed by atoms with Gasteiger partial charge in [-0.15, -0.1) is 0 Å². The lowest BCUT2D eigenvalue weighted by atomic mass is 10.0. The molecule has 0 saturated carbocycles. The molecule has 16 heavy (non-hydrogen) atoms. The molecule has 1 rings (SSSR count). The summed E-state index contributed by atoms with van der Waals surface area (Å²) in [5, 5.41) is 9.83. The molecule has 2 heteroatoms. The van der Waals surface area contributed by atoms with Crippen LogP contribution in [0.15, 0.2) is 30.3 Å². The zero-order valence-corrected chi connectivity index (χ0v) is 9.86. The van der Waals surface area contributed by atoms with Crippen molar-refractivity contribution in [1.29, 1.82) is 0 Å². The average molecular weight is 220 g/mol. The van der Waals surface area contributed by atoms with E-state index in [1.807, 2.05) is 30.3 Å². The van der Waals surface area contributed by atoms with E-state index in [1.54, 1.807) is 0 Å². The van der Waals surface area contributed by atoms with E-state index in [-0.39, 0.29) is 12.2 Å². The highest BCUT2D eigenvalue weighted by atomic mass is 16.3. The lowest BCUT2D eigenvalue weighted by Gasteiger charge is -2.09. The summed E-state index contributed by atoms with van der Waals surface area (Å²) in [6.45, 7) is 2.11. The number of ketones is 1. The summed E-state index contributed by atoms with van der Waals surface area (Å²) in [4.78, 5) is 11.5. The summed E-state index contributed by atoms with van der Waals surface area (Å²) in [5.74, 6) is 0.157. The largest absolute Gasteiger partial charge is 0.388 e. The minimum Gasteiger partial charge on any atom is -0.388 e. The molecule has 0 fully saturated rings. The number of aliphatic hydroxyl groups excluding tert-OH is 1. The maximum atomic E-state index is 11.5. The summed E-state index contributed by atoms with van der Waals surface area (Å²) in [6, 6.07) is 9.35. The van der Waals surface area contributed by atoms with E-state index in [9.17, 15) is 9.90 Å². The lowest BCUT2D eigenvalue weighted by molar-refractivity contribution is -0.121. The second-order valence-electron chi connectivity index (χ2n) is 4.13. The molecule has 0 heterocycles. The molecule has 0 bridgehead atoms. The molecule has 0 amide bonds. The van der Waals surface area contributed by atoms with Gasteiger partial charge in [-0.25, -0.2) is 0 Å². The summed E-state index contributed by atoms with van der Waals surface area (Å²) < 4.78 is 0. The zero-order valence-electron chi connectivity index (χ0n) is 9.86. The van der Waals surface area contributed by atoms with Gasteiger partial charge in [0.25, 0.3) is 0 Å². The van der Waals surface area contributed by atoms with Crippen LogP contribution in [0.4, 0.5) is 0 Å². The Bertz CT molecular complexity index is 306. The molecular weight excluding hydrogens is 200 g/mol. The third kappa shape index (κ3) is 4.58. The van der Waals surface area contributed by atoms with Crippen molar-refractivity contribution in [2.75, 3.05) is 0 Å². The highest BCUT2D eigenvalue weighted by Crippen LogP contribution is 2.17. The number of unbranched alkanes of at least 4 members (excludes halogenated alkanes) is 2. The van der Waals surface area contributed by atoms with Crippen molar-refractivity contribution in [1.82, 2.24) is 0 Å². The quantitative estimate of drug-likeness (QED) is 0.716. The monoisotopic (exact) mass is 220 g/mol. The Balaban J connectivity index is 2.34. The van der Waals surface area contributed by atoms with Crippen LogP contribution in [0.3, 0.4) is 0 Å². The fourth-order valence-corrected chi connectivity index (χ4v) is 1.68. The average Bonchev–Trinajstić information content (AvgIpc) is 2.30. The molecule has 1 N–H and O–H groups in total. The van der Waals surface area contributed by atoms with Crippen LogP contribution in [0.5, 0.6) is 0 Å². The minimum atomic E-state index is -0.643. The summed E-state index contributed by atoms with van der Waals surface area (Å²) >= 11 is 0. The molecule has 0 aliphatic carbocycles.